The van der Waals surface area contributed by atoms with Crippen molar-refractivity contribution in [1.29, 1.82) is 0 Å². The summed E-state index contributed by atoms with van der Waals surface area (Å²) in [6, 6.07) is 7.73. The normalized spacial score (nSPS) is 12.7. The SMILES string of the molecule is OC(Cn1cccn1)c1cccc(F)c1. The summed E-state index contributed by atoms with van der Waals surface area (Å²) in [6.45, 7) is 0.330. The molecule has 1 N–H and O–H groups in total. The Morgan fingerprint density at radius 2 is 2.27 bits per heavy atom. The van der Waals surface area contributed by atoms with Gasteiger partial charge in [-0.15, -0.1) is 0 Å². The zero-order chi connectivity index (χ0) is 10.7. The van der Waals surface area contributed by atoms with E-state index in [2.05, 4.69) is 5.10 Å². The largest absolute Gasteiger partial charge is 0.386 e. The van der Waals surface area contributed by atoms with Crippen LogP contribution in [0.15, 0.2) is 42.7 Å². The summed E-state index contributed by atoms with van der Waals surface area (Å²) in [5.74, 6) is -0.341. The molecule has 1 aromatic heterocycles. The summed E-state index contributed by atoms with van der Waals surface area (Å²) in [5, 5.41) is 13.8. The Morgan fingerprint density at radius 3 is 2.93 bits per heavy atom. The topological polar surface area (TPSA) is 38.0 Å². The van der Waals surface area contributed by atoms with Gasteiger partial charge in [0.2, 0.25) is 0 Å². The van der Waals surface area contributed by atoms with Gasteiger partial charge in [0.25, 0.3) is 0 Å². The number of aromatic nitrogens is 2. The van der Waals surface area contributed by atoms with Crippen LogP contribution >= 0.6 is 0 Å². The van der Waals surface area contributed by atoms with Crippen molar-refractivity contribution in [2.75, 3.05) is 0 Å². The first-order chi connectivity index (χ1) is 7.25. The van der Waals surface area contributed by atoms with E-state index in [1.165, 1.54) is 12.1 Å². The highest BCUT2D eigenvalue weighted by molar-refractivity contribution is 5.18. The highest BCUT2D eigenvalue weighted by atomic mass is 19.1. The zero-order valence-electron chi connectivity index (χ0n) is 8.05. The molecule has 15 heavy (non-hydrogen) atoms. The van der Waals surface area contributed by atoms with Crippen molar-refractivity contribution >= 4 is 0 Å². The summed E-state index contributed by atoms with van der Waals surface area (Å²) >= 11 is 0. The molecule has 0 amide bonds. The molecular formula is C11H11FN2O. The van der Waals surface area contributed by atoms with Crippen LogP contribution in [0.2, 0.25) is 0 Å². The second-order valence-electron chi connectivity index (χ2n) is 3.30. The van der Waals surface area contributed by atoms with E-state index in [-0.39, 0.29) is 5.82 Å². The number of hydrogen-bond donors (Lipinski definition) is 1. The third-order valence-corrected chi connectivity index (χ3v) is 2.15. The lowest BCUT2D eigenvalue weighted by atomic mass is 10.1. The Bertz CT molecular complexity index is 428. The smallest absolute Gasteiger partial charge is 0.123 e. The maximum Gasteiger partial charge on any atom is 0.123 e. The van der Waals surface area contributed by atoms with Gasteiger partial charge in [0.05, 0.1) is 12.6 Å². The van der Waals surface area contributed by atoms with Crippen molar-refractivity contribution in [2.45, 2.75) is 12.6 Å². The fourth-order valence-electron chi connectivity index (χ4n) is 1.40. The van der Waals surface area contributed by atoms with E-state index in [0.717, 1.165) is 0 Å². The average molecular weight is 206 g/mol. The van der Waals surface area contributed by atoms with E-state index in [9.17, 15) is 9.50 Å². The number of aliphatic hydroxyl groups excluding tert-OH is 1. The molecule has 1 aromatic carbocycles. The summed E-state index contributed by atoms with van der Waals surface area (Å²) in [6.07, 6.45) is 2.65. The summed E-state index contributed by atoms with van der Waals surface area (Å²) in [4.78, 5) is 0. The van der Waals surface area contributed by atoms with Crippen LogP contribution in [0.25, 0.3) is 0 Å². The Labute approximate surface area is 86.8 Å². The van der Waals surface area contributed by atoms with Crippen molar-refractivity contribution in [3.63, 3.8) is 0 Å². The summed E-state index contributed by atoms with van der Waals surface area (Å²) in [7, 11) is 0. The molecule has 0 aliphatic heterocycles. The van der Waals surface area contributed by atoms with Crippen LogP contribution in [-0.4, -0.2) is 14.9 Å². The highest BCUT2D eigenvalue weighted by Gasteiger charge is 2.08. The zero-order valence-corrected chi connectivity index (χ0v) is 8.05. The lowest BCUT2D eigenvalue weighted by molar-refractivity contribution is 0.151. The van der Waals surface area contributed by atoms with E-state index >= 15 is 0 Å². The van der Waals surface area contributed by atoms with E-state index in [1.807, 2.05) is 0 Å². The van der Waals surface area contributed by atoms with Crippen molar-refractivity contribution in [2.24, 2.45) is 0 Å². The lowest BCUT2D eigenvalue weighted by Crippen LogP contribution is -2.09. The molecule has 1 atom stereocenters. The molecule has 0 radical (unpaired) electrons. The van der Waals surface area contributed by atoms with Gasteiger partial charge < -0.3 is 5.11 Å². The van der Waals surface area contributed by atoms with E-state index < -0.39 is 6.10 Å². The Balaban J connectivity index is 2.11. The van der Waals surface area contributed by atoms with E-state index in [0.29, 0.717) is 12.1 Å². The number of nitrogens with zero attached hydrogens (tertiary/aromatic N) is 2. The molecule has 4 heteroatoms. The van der Waals surface area contributed by atoms with Crippen LogP contribution in [0.4, 0.5) is 4.39 Å². The van der Waals surface area contributed by atoms with Gasteiger partial charge in [0.1, 0.15) is 5.82 Å². The summed E-state index contributed by atoms with van der Waals surface area (Å²) in [5.41, 5.74) is 0.561. The Kier molecular flexibility index (Phi) is 2.78. The van der Waals surface area contributed by atoms with Gasteiger partial charge in [-0.2, -0.15) is 5.10 Å². The van der Waals surface area contributed by atoms with E-state index in [4.69, 9.17) is 0 Å². The minimum atomic E-state index is -0.736. The van der Waals surface area contributed by atoms with Gasteiger partial charge >= 0.3 is 0 Å². The maximum atomic E-state index is 12.9. The van der Waals surface area contributed by atoms with Gasteiger partial charge in [-0.3, -0.25) is 4.68 Å². The number of halogens is 1. The Morgan fingerprint density at radius 1 is 1.40 bits per heavy atom. The number of benzene rings is 1. The van der Waals surface area contributed by atoms with Crippen molar-refractivity contribution < 1.29 is 9.50 Å². The lowest BCUT2D eigenvalue weighted by Gasteiger charge is -2.10. The van der Waals surface area contributed by atoms with Crippen LogP contribution in [-0.2, 0) is 6.54 Å². The van der Waals surface area contributed by atoms with Crippen LogP contribution in [0.5, 0.6) is 0 Å². The molecule has 0 aliphatic carbocycles. The Hall–Kier alpha value is -1.68. The fourth-order valence-corrected chi connectivity index (χ4v) is 1.40. The minimum absolute atomic E-state index is 0.330. The molecule has 0 aliphatic rings. The van der Waals surface area contributed by atoms with Gasteiger partial charge in [0.15, 0.2) is 0 Å². The van der Waals surface area contributed by atoms with Gasteiger partial charge in [-0.25, -0.2) is 4.39 Å². The number of hydrogen-bond acceptors (Lipinski definition) is 2. The van der Waals surface area contributed by atoms with Crippen LogP contribution < -0.4 is 0 Å². The molecule has 78 valence electrons. The third-order valence-electron chi connectivity index (χ3n) is 2.15. The fraction of sp³-hybridized carbons (Fsp3) is 0.182. The monoisotopic (exact) mass is 206 g/mol. The molecule has 0 saturated heterocycles. The van der Waals surface area contributed by atoms with Gasteiger partial charge in [-0.05, 0) is 23.8 Å². The quantitative estimate of drug-likeness (QED) is 0.830. The molecule has 0 bridgehead atoms. The number of aliphatic hydroxyl groups is 1. The summed E-state index contributed by atoms with van der Waals surface area (Å²) < 4.78 is 14.5. The third kappa shape index (κ3) is 2.41. The van der Waals surface area contributed by atoms with Crippen LogP contribution in [0.1, 0.15) is 11.7 Å². The second-order valence-corrected chi connectivity index (χ2v) is 3.30. The molecule has 0 saturated carbocycles. The van der Waals surface area contributed by atoms with Crippen LogP contribution in [0, 0.1) is 5.82 Å². The molecule has 2 rings (SSSR count). The molecule has 2 aromatic rings. The first-order valence-electron chi connectivity index (χ1n) is 4.66. The average Bonchev–Trinajstić information content (AvgIpc) is 2.70. The van der Waals surface area contributed by atoms with Crippen molar-refractivity contribution in [3.05, 3.63) is 54.1 Å². The second kappa shape index (κ2) is 4.23. The van der Waals surface area contributed by atoms with Crippen molar-refractivity contribution in [3.8, 4) is 0 Å². The first-order valence-corrected chi connectivity index (χ1v) is 4.66. The molecule has 0 spiro atoms. The highest BCUT2D eigenvalue weighted by Crippen LogP contribution is 2.15. The maximum absolute atomic E-state index is 12.9. The number of rotatable bonds is 3. The standard InChI is InChI=1S/C11H11FN2O/c12-10-4-1-3-9(7-10)11(15)8-14-6-2-5-13-14/h1-7,11,15H,8H2. The predicted octanol–water partition coefficient (Wildman–Crippen LogP) is 1.76. The molecule has 1 heterocycles. The van der Waals surface area contributed by atoms with Crippen molar-refractivity contribution in [1.82, 2.24) is 9.78 Å². The molecular weight excluding hydrogens is 195 g/mol. The molecule has 0 fully saturated rings. The predicted molar refractivity (Wildman–Crippen MR) is 53.6 cm³/mol. The molecule has 3 nitrogen and oxygen atoms in total. The van der Waals surface area contributed by atoms with Gasteiger partial charge in [0, 0.05) is 12.4 Å². The molecule has 1 unspecified atom stereocenters. The van der Waals surface area contributed by atoms with Crippen LogP contribution in [0.3, 0.4) is 0 Å². The van der Waals surface area contributed by atoms with Gasteiger partial charge in [-0.1, -0.05) is 12.1 Å². The first kappa shape index (κ1) is 9.86. The van der Waals surface area contributed by atoms with E-state index in [1.54, 1.807) is 35.3 Å². The minimum Gasteiger partial charge on any atom is -0.386 e.